The van der Waals surface area contributed by atoms with Gasteiger partial charge in [0.2, 0.25) is 5.91 Å². The van der Waals surface area contributed by atoms with E-state index in [1.54, 1.807) is 42.1 Å². The van der Waals surface area contributed by atoms with Gasteiger partial charge in [-0.1, -0.05) is 48.0 Å². The van der Waals surface area contributed by atoms with Crippen LogP contribution in [0.5, 0.6) is 5.75 Å². The summed E-state index contributed by atoms with van der Waals surface area (Å²) < 4.78 is 7.13. The highest BCUT2D eigenvalue weighted by atomic mass is 35.5. The molecule has 5 nitrogen and oxygen atoms in total. The van der Waals surface area contributed by atoms with Crippen LogP contribution >= 0.6 is 11.6 Å². The minimum Gasteiger partial charge on any atom is -0.496 e. The molecule has 0 unspecified atom stereocenters. The smallest absolute Gasteiger partial charge is 0.240 e. The topological polar surface area (TPSA) is 60.3 Å². The number of carbonyl (C=O) groups excluding carboxylic acids is 2. The second-order valence-corrected chi connectivity index (χ2v) is 7.55. The summed E-state index contributed by atoms with van der Waals surface area (Å²) in [7, 11) is 1.60. The zero-order valence-electron chi connectivity index (χ0n) is 17.0. The fourth-order valence-electron chi connectivity index (χ4n) is 3.57. The van der Waals surface area contributed by atoms with Crippen molar-refractivity contribution in [3.05, 3.63) is 101 Å². The van der Waals surface area contributed by atoms with E-state index in [1.165, 1.54) is 0 Å². The summed E-state index contributed by atoms with van der Waals surface area (Å²) in [5.74, 6) is 0.461. The molecular formula is C25H21ClN2O3. The van der Waals surface area contributed by atoms with E-state index in [0.29, 0.717) is 22.7 Å². The minimum absolute atomic E-state index is 0.101. The standard InChI is InChI=1S/C25H21ClN2O3/c1-31-23-9-5-2-6-18(23)14-27-24(29)16-28-15-21(20-7-3-4-8-22(20)28)25(30)17-10-12-19(26)13-11-17/h2-13,15H,14,16H2,1H3,(H,27,29). The Morgan fingerprint density at radius 2 is 1.68 bits per heavy atom. The summed E-state index contributed by atoms with van der Waals surface area (Å²) in [6.07, 6.45) is 1.74. The Morgan fingerprint density at radius 3 is 2.45 bits per heavy atom. The molecule has 0 aliphatic carbocycles. The van der Waals surface area contributed by atoms with Crippen LogP contribution in [0.3, 0.4) is 0 Å². The van der Waals surface area contributed by atoms with Crippen LogP contribution in [0.4, 0.5) is 0 Å². The Labute approximate surface area is 185 Å². The van der Waals surface area contributed by atoms with Gasteiger partial charge in [0.15, 0.2) is 5.78 Å². The van der Waals surface area contributed by atoms with Crippen molar-refractivity contribution in [1.82, 2.24) is 9.88 Å². The Hall–Kier alpha value is -3.57. The molecular weight excluding hydrogens is 412 g/mol. The summed E-state index contributed by atoms with van der Waals surface area (Å²) in [6, 6.07) is 21.9. The van der Waals surface area contributed by atoms with Gasteiger partial charge in [0.1, 0.15) is 12.3 Å². The van der Waals surface area contributed by atoms with Gasteiger partial charge in [-0.05, 0) is 36.4 Å². The molecule has 0 atom stereocenters. The van der Waals surface area contributed by atoms with Crippen LogP contribution in [0, 0.1) is 0 Å². The maximum absolute atomic E-state index is 13.1. The third-order valence-corrected chi connectivity index (χ3v) is 5.37. The Balaban J connectivity index is 1.56. The number of amides is 1. The number of aromatic nitrogens is 1. The predicted octanol–water partition coefficient (Wildman–Crippen LogP) is 4.85. The molecule has 4 aromatic rings. The third-order valence-electron chi connectivity index (χ3n) is 5.12. The van der Waals surface area contributed by atoms with E-state index in [4.69, 9.17) is 16.3 Å². The highest BCUT2D eigenvalue weighted by Crippen LogP contribution is 2.24. The van der Waals surface area contributed by atoms with Crippen molar-refractivity contribution in [3.63, 3.8) is 0 Å². The highest BCUT2D eigenvalue weighted by Gasteiger charge is 2.18. The SMILES string of the molecule is COc1ccccc1CNC(=O)Cn1cc(C(=O)c2ccc(Cl)cc2)c2ccccc21. The van der Waals surface area contributed by atoms with E-state index in [9.17, 15) is 9.59 Å². The molecule has 0 aliphatic heterocycles. The molecule has 0 spiro atoms. The molecule has 0 saturated heterocycles. The van der Waals surface area contributed by atoms with Crippen LogP contribution < -0.4 is 10.1 Å². The van der Waals surface area contributed by atoms with Gasteiger partial charge in [-0.25, -0.2) is 0 Å². The molecule has 1 amide bonds. The predicted molar refractivity (Wildman–Crippen MR) is 122 cm³/mol. The van der Waals surface area contributed by atoms with E-state index < -0.39 is 0 Å². The van der Waals surface area contributed by atoms with Crippen LogP contribution in [0.15, 0.2) is 79.0 Å². The summed E-state index contributed by atoms with van der Waals surface area (Å²) in [4.78, 5) is 25.7. The van der Waals surface area contributed by atoms with Crippen molar-refractivity contribution in [1.29, 1.82) is 0 Å². The molecule has 3 aromatic carbocycles. The summed E-state index contributed by atoms with van der Waals surface area (Å²) in [5.41, 5.74) is 2.82. The number of nitrogens with one attached hydrogen (secondary N) is 1. The number of fused-ring (bicyclic) bond motifs is 1. The average Bonchev–Trinajstić information content (AvgIpc) is 3.16. The average molecular weight is 433 g/mol. The van der Waals surface area contributed by atoms with E-state index in [2.05, 4.69) is 5.32 Å². The first-order chi connectivity index (χ1) is 15.1. The second-order valence-electron chi connectivity index (χ2n) is 7.11. The normalized spacial score (nSPS) is 10.8. The minimum atomic E-state index is -0.155. The van der Waals surface area contributed by atoms with Gasteiger partial charge in [-0.15, -0.1) is 0 Å². The molecule has 0 saturated carbocycles. The summed E-state index contributed by atoms with van der Waals surface area (Å²) in [6.45, 7) is 0.460. The molecule has 1 heterocycles. The highest BCUT2D eigenvalue weighted by molar-refractivity contribution is 6.30. The zero-order chi connectivity index (χ0) is 21.8. The number of hydrogen-bond donors (Lipinski definition) is 1. The van der Waals surface area contributed by atoms with Crippen LogP contribution in [-0.2, 0) is 17.9 Å². The number of para-hydroxylation sites is 2. The number of halogens is 1. The number of methoxy groups -OCH3 is 1. The summed E-state index contributed by atoms with van der Waals surface area (Å²) >= 11 is 5.94. The first-order valence-electron chi connectivity index (χ1n) is 9.83. The van der Waals surface area contributed by atoms with E-state index in [1.807, 2.05) is 48.5 Å². The lowest BCUT2D eigenvalue weighted by Crippen LogP contribution is -2.27. The number of hydrogen-bond acceptors (Lipinski definition) is 3. The molecule has 1 N–H and O–H groups in total. The largest absolute Gasteiger partial charge is 0.496 e. The maximum atomic E-state index is 13.1. The van der Waals surface area contributed by atoms with E-state index in [0.717, 1.165) is 22.2 Å². The van der Waals surface area contributed by atoms with Gasteiger partial charge in [-0.2, -0.15) is 0 Å². The molecule has 4 rings (SSSR count). The molecule has 0 fully saturated rings. The number of carbonyl (C=O) groups is 2. The van der Waals surface area contributed by atoms with Crippen molar-refractivity contribution < 1.29 is 14.3 Å². The van der Waals surface area contributed by atoms with E-state index >= 15 is 0 Å². The molecule has 31 heavy (non-hydrogen) atoms. The lowest BCUT2D eigenvalue weighted by Gasteiger charge is -2.10. The fraction of sp³-hybridized carbons (Fsp3) is 0.120. The maximum Gasteiger partial charge on any atom is 0.240 e. The third kappa shape index (κ3) is 4.47. The quantitative estimate of drug-likeness (QED) is 0.424. The van der Waals surface area contributed by atoms with Gasteiger partial charge >= 0.3 is 0 Å². The van der Waals surface area contributed by atoms with Gasteiger partial charge in [0, 0.05) is 45.4 Å². The van der Waals surface area contributed by atoms with Gasteiger partial charge in [-0.3, -0.25) is 9.59 Å². The number of benzene rings is 3. The first-order valence-corrected chi connectivity index (χ1v) is 10.2. The van der Waals surface area contributed by atoms with Crippen molar-refractivity contribution in [3.8, 4) is 5.75 Å². The summed E-state index contributed by atoms with van der Waals surface area (Å²) in [5, 5.41) is 4.30. The number of rotatable bonds is 7. The lowest BCUT2D eigenvalue weighted by molar-refractivity contribution is -0.121. The van der Waals surface area contributed by atoms with Crippen molar-refractivity contribution in [2.75, 3.05) is 7.11 Å². The van der Waals surface area contributed by atoms with E-state index in [-0.39, 0.29) is 18.2 Å². The fourth-order valence-corrected chi connectivity index (χ4v) is 3.69. The first kappa shape index (κ1) is 20.7. The van der Waals surface area contributed by atoms with Crippen molar-refractivity contribution in [2.24, 2.45) is 0 Å². The molecule has 6 heteroatoms. The zero-order valence-corrected chi connectivity index (χ0v) is 17.7. The second kappa shape index (κ2) is 9.06. The lowest BCUT2D eigenvalue weighted by atomic mass is 10.0. The number of ketones is 1. The van der Waals surface area contributed by atoms with Crippen LogP contribution in [-0.4, -0.2) is 23.4 Å². The van der Waals surface area contributed by atoms with Gasteiger partial charge < -0.3 is 14.6 Å². The monoisotopic (exact) mass is 432 g/mol. The van der Waals surface area contributed by atoms with Crippen LogP contribution in [0.1, 0.15) is 21.5 Å². The molecule has 0 bridgehead atoms. The molecule has 156 valence electrons. The van der Waals surface area contributed by atoms with Gasteiger partial charge in [0.25, 0.3) is 0 Å². The van der Waals surface area contributed by atoms with Gasteiger partial charge in [0.05, 0.1) is 7.11 Å². The number of nitrogens with zero attached hydrogens (tertiary/aromatic N) is 1. The molecule has 0 aliphatic rings. The Kier molecular flexibility index (Phi) is 6.05. The Bertz CT molecular complexity index is 1250. The van der Waals surface area contributed by atoms with Crippen molar-refractivity contribution >= 4 is 34.2 Å². The molecule has 1 aromatic heterocycles. The van der Waals surface area contributed by atoms with Crippen LogP contribution in [0.25, 0.3) is 10.9 Å². The Morgan fingerprint density at radius 1 is 0.968 bits per heavy atom. The molecule has 0 radical (unpaired) electrons. The van der Waals surface area contributed by atoms with Crippen molar-refractivity contribution in [2.45, 2.75) is 13.1 Å². The van der Waals surface area contributed by atoms with Crippen LogP contribution in [0.2, 0.25) is 5.02 Å². The number of ether oxygens (including phenoxy) is 1.